The molecule has 0 aromatic heterocycles. The van der Waals surface area contributed by atoms with Gasteiger partial charge in [0.2, 0.25) is 0 Å². The van der Waals surface area contributed by atoms with E-state index in [1.165, 1.54) is 0 Å². The first-order valence-corrected chi connectivity index (χ1v) is 4.07. The van der Waals surface area contributed by atoms with Crippen LogP contribution in [0.1, 0.15) is 16.7 Å². The van der Waals surface area contributed by atoms with Crippen LogP contribution in [0.5, 0.6) is 0 Å². The van der Waals surface area contributed by atoms with Gasteiger partial charge in [-0.15, -0.1) is 0 Å². The number of hydrogen-bond acceptors (Lipinski definition) is 0. The molecule has 0 amide bonds. The Morgan fingerprint density at radius 1 is 0.875 bits per heavy atom. The van der Waals surface area contributed by atoms with Gasteiger partial charge >= 0.3 is 12.4 Å². The Hall–Kier alpha value is -1.46. The Morgan fingerprint density at radius 3 is 1.75 bits per heavy atom. The van der Waals surface area contributed by atoms with Crippen molar-refractivity contribution >= 4 is 6.08 Å². The first-order valence-electron chi connectivity index (χ1n) is 4.07. The molecule has 1 aromatic rings. The van der Waals surface area contributed by atoms with Crippen LogP contribution >= 0.6 is 0 Å². The van der Waals surface area contributed by atoms with Crippen molar-refractivity contribution in [3.8, 4) is 0 Å². The van der Waals surface area contributed by atoms with Gasteiger partial charge in [-0.3, -0.25) is 0 Å². The number of benzene rings is 1. The minimum absolute atomic E-state index is 0.0136. The van der Waals surface area contributed by atoms with E-state index in [-0.39, 0.29) is 5.56 Å². The van der Waals surface area contributed by atoms with Gasteiger partial charge in [0.1, 0.15) is 0 Å². The molecule has 6 heteroatoms. The average Bonchev–Trinajstić information content (AvgIpc) is 2.14. The van der Waals surface area contributed by atoms with Crippen molar-refractivity contribution in [2.45, 2.75) is 12.4 Å². The van der Waals surface area contributed by atoms with E-state index in [0.29, 0.717) is 12.1 Å². The number of halogens is 6. The minimum Gasteiger partial charge on any atom is -0.166 e. The van der Waals surface area contributed by atoms with E-state index in [1.807, 2.05) is 0 Å². The van der Waals surface area contributed by atoms with Crippen LogP contribution in [0.3, 0.4) is 0 Å². The maximum absolute atomic E-state index is 12.4. The topological polar surface area (TPSA) is 0 Å². The summed E-state index contributed by atoms with van der Waals surface area (Å²) in [6.07, 6.45) is -9.01. The molecule has 0 unspecified atom stereocenters. The molecule has 0 aliphatic carbocycles. The third kappa shape index (κ3) is 2.56. The summed E-state index contributed by atoms with van der Waals surface area (Å²) in [7, 11) is 0. The highest BCUT2D eigenvalue weighted by Crippen LogP contribution is 2.40. The second-order valence-electron chi connectivity index (χ2n) is 3.00. The van der Waals surface area contributed by atoms with Crippen molar-refractivity contribution in [3.63, 3.8) is 0 Å². The molecule has 1 rings (SSSR count). The fourth-order valence-electron chi connectivity index (χ4n) is 1.17. The van der Waals surface area contributed by atoms with E-state index in [4.69, 9.17) is 0 Å². The SMILES string of the molecule is C=Cc1ccc(C(F)(F)F)c(C(F)(F)F)c1. The molecular formula is C10H6F6. The predicted octanol–water partition coefficient (Wildman–Crippen LogP) is 4.37. The van der Waals surface area contributed by atoms with Gasteiger partial charge in [-0.25, -0.2) is 0 Å². The zero-order chi connectivity index (χ0) is 12.6. The summed E-state index contributed by atoms with van der Waals surface area (Å²) >= 11 is 0. The van der Waals surface area contributed by atoms with Gasteiger partial charge in [0.25, 0.3) is 0 Å². The Kier molecular flexibility index (Phi) is 3.03. The molecular weight excluding hydrogens is 234 g/mol. The summed E-state index contributed by atoms with van der Waals surface area (Å²) in [6.45, 7) is 3.20. The summed E-state index contributed by atoms with van der Waals surface area (Å²) in [4.78, 5) is 0. The minimum atomic E-state index is -5.04. The molecule has 0 spiro atoms. The quantitative estimate of drug-likeness (QED) is 0.639. The van der Waals surface area contributed by atoms with E-state index < -0.39 is 23.5 Å². The molecule has 1 aromatic carbocycles. The maximum atomic E-state index is 12.4. The van der Waals surface area contributed by atoms with Crippen LogP contribution in [0.2, 0.25) is 0 Å². The van der Waals surface area contributed by atoms with Crippen LogP contribution in [0, 0.1) is 0 Å². The predicted molar refractivity (Wildman–Crippen MR) is 46.5 cm³/mol. The molecule has 0 N–H and O–H groups in total. The van der Waals surface area contributed by atoms with Crippen molar-refractivity contribution < 1.29 is 26.3 Å². The Morgan fingerprint density at radius 2 is 1.38 bits per heavy atom. The molecule has 0 nitrogen and oxygen atoms in total. The van der Waals surface area contributed by atoms with Gasteiger partial charge in [0.15, 0.2) is 0 Å². The van der Waals surface area contributed by atoms with Crippen LogP contribution in [0.15, 0.2) is 24.8 Å². The highest BCUT2D eigenvalue weighted by atomic mass is 19.4. The summed E-state index contributed by atoms with van der Waals surface area (Å²) in [5.41, 5.74) is -3.40. The molecule has 0 heterocycles. The monoisotopic (exact) mass is 240 g/mol. The van der Waals surface area contributed by atoms with Gasteiger partial charge < -0.3 is 0 Å². The van der Waals surface area contributed by atoms with E-state index in [9.17, 15) is 26.3 Å². The molecule has 0 bridgehead atoms. The van der Waals surface area contributed by atoms with Crippen molar-refractivity contribution in [2.24, 2.45) is 0 Å². The highest BCUT2D eigenvalue weighted by molar-refractivity contribution is 5.51. The van der Waals surface area contributed by atoms with Gasteiger partial charge in [0, 0.05) is 0 Å². The Labute approximate surface area is 87.2 Å². The van der Waals surface area contributed by atoms with Gasteiger partial charge in [-0.05, 0) is 17.7 Å². The molecule has 0 fully saturated rings. The standard InChI is InChI=1S/C10H6F6/c1-2-6-3-4-7(9(11,12)13)8(5-6)10(14,15)16/h2-5H,1H2. The lowest BCUT2D eigenvalue weighted by molar-refractivity contribution is -0.162. The first kappa shape index (κ1) is 12.6. The molecule has 0 radical (unpaired) electrons. The fraction of sp³-hybridized carbons (Fsp3) is 0.200. The lowest BCUT2D eigenvalue weighted by atomic mass is 10.0. The zero-order valence-electron chi connectivity index (χ0n) is 7.78. The second-order valence-corrected chi connectivity index (χ2v) is 3.00. The molecule has 0 aliphatic heterocycles. The zero-order valence-corrected chi connectivity index (χ0v) is 7.78. The van der Waals surface area contributed by atoms with Crippen LogP contribution in [0.25, 0.3) is 6.08 Å². The summed E-state index contributed by atoms with van der Waals surface area (Å²) in [6, 6.07) is 1.76. The smallest absolute Gasteiger partial charge is 0.166 e. The highest BCUT2D eigenvalue weighted by Gasteiger charge is 2.42. The molecule has 0 aliphatic rings. The van der Waals surface area contributed by atoms with E-state index >= 15 is 0 Å². The van der Waals surface area contributed by atoms with Crippen LogP contribution in [-0.2, 0) is 12.4 Å². The van der Waals surface area contributed by atoms with Crippen molar-refractivity contribution in [1.82, 2.24) is 0 Å². The molecule has 0 atom stereocenters. The Balaban J connectivity index is 3.45. The van der Waals surface area contributed by atoms with Crippen LogP contribution < -0.4 is 0 Å². The summed E-state index contributed by atoms with van der Waals surface area (Å²) in [5.74, 6) is 0. The average molecular weight is 240 g/mol. The fourth-order valence-corrected chi connectivity index (χ4v) is 1.17. The first-order chi connectivity index (χ1) is 7.16. The van der Waals surface area contributed by atoms with Crippen LogP contribution in [-0.4, -0.2) is 0 Å². The van der Waals surface area contributed by atoms with Crippen molar-refractivity contribution in [2.75, 3.05) is 0 Å². The van der Waals surface area contributed by atoms with Crippen LogP contribution in [0.4, 0.5) is 26.3 Å². The lowest BCUT2D eigenvalue weighted by Crippen LogP contribution is -2.16. The summed E-state index contributed by atoms with van der Waals surface area (Å²) < 4.78 is 73.9. The van der Waals surface area contributed by atoms with Gasteiger partial charge in [0.05, 0.1) is 11.1 Å². The van der Waals surface area contributed by atoms with E-state index in [2.05, 4.69) is 6.58 Å². The third-order valence-electron chi connectivity index (χ3n) is 1.89. The number of alkyl halides is 6. The molecule has 16 heavy (non-hydrogen) atoms. The van der Waals surface area contributed by atoms with Gasteiger partial charge in [-0.2, -0.15) is 26.3 Å². The number of hydrogen-bond donors (Lipinski definition) is 0. The summed E-state index contributed by atoms with van der Waals surface area (Å²) in [5, 5.41) is 0. The molecule has 0 saturated heterocycles. The third-order valence-corrected chi connectivity index (χ3v) is 1.89. The second kappa shape index (κ2) is 3.84. The van der Waals surface area contributed by atoms with Gasteiger partial charge in [-0.1, -0.05) is 18.7 Å². The normalized spacial score (nSPS) is 12.6. The van der Waals surface area contributed by atoms with E-state index in [1.54, 1.807) is 0 Å². The number of rotatable bonds is 1. The van der Waals surface area contributed by atoms with Crippen molar-refractivity contribution in [1.29, 1.82) is 0 Å². The Bertz CT molecular complexity index is 399. The van der Waals surface area contributed by atoms with Crippen molar-refractivity contribution in [3.05, 3.63) is 41.5 Å². The van der Waals surface area contributed by atoms with E-state index in [0.717, 1.165) is 12.1 Å². The maximum Gasteiger partial charge on any atom is 0.417 e. The molecule has 88 valence electrons. The largest absolute Gasteiger partial charge is 0.417 e. The molecule has 0 saturated carbocycles. The lowest BCUT2D eigenvalue weighted by Gasteiger charge is -2.15.